The monoisotopic (exact) mass is 333 g/mol. The second-order valence-electron chi connectivity index (χ2n) is 6.77. The Balaban J connectivity index is 1.31. The predicted molar refractivity (Wildman–Crippen MR) is 99.3 cm³/mol. The lowest BCUT2D eigenvalue weighted by Crippen LogP contribution is -2.30. The molecule has 1 aliphatic rings. The molecule has 0 fully saturated rings. The molecular weight excluding hydrogens is 310 g/mol. The molecule has 0 saturated heterocycles. The topological polar surface area (TPSA) is 57.8 Å². The fourth-order valence-electron chi connectivity index (χ4n) is 3.71. The van der Waals surface area contributed by atoms with E-state index in [1.54, 1.807) is 0 Å². The molecule has 2 N–H and O–H groups in total. The van der Waals surface area contributed by atoms with Gasteiger partial charge in [0, 0.05) is 12.8 Å². The molecule has 0 bridgehead atoms. The van der Waals surface area contributed by atoms with Crippen LogP contribution in [0.4, 0.5) is 0 Å². The first-order chi connectivity index (χ1) is 12.3. The van der Waals surface area contributed by atoms with Gasteiger partial charge in [-0.3, -0.25) is 4.79 Å². The molecule has 0 aliphatic heterocycles. The summed E-state index contributed by atoms with van der Waals surface area (Å²) < 4.78 is 0. The lowest BCUT2D eigenvalue weighted by molar-refractivity contribution is -0.122. The van der Waals surface area contributed by atoms with Crippen LogP contribution in [0.5, 0.6) is 0 Å². The minimum Gasteiger partial charge on any atom is -0.349 e. The molecule has 1 unspecified atom stereocenters. The molecular formula is C21H23N3O. The number of aromatic nitrogens is 2. The van der Waals surface area contributed by atoms with Crippen LogP contribution in [-0.4, -0.2) is 15.9 Å². The van der Waals surface area contributed by atoms with Crippen LogP contribution in [0.25, 0.3) is 11.0 Å². The van der Waals surface area contributed by atoms with E-state index in [0.29, 0.717) is 6.42 Å². The lowest BCUT2D eigenvalue weighted by atomic mass is 9.87. The van der Waals surface area contributed by atoms with Crippen molar-refractivity contribution in [3.63, 3.8) is 0 Å². The molecule has 1 amide bonds. The van der Waals surface area contributed by atoms with Crippen LogP contribution in [0.15, 0.2) is 48.5 Å². The van der Waals surface area contributed by atoms with Crippen molar-refractivity contribution in [1.82, 2.24) is 15.3 Å². The van der Waals surface area contributed by atoms with Gasteiger partial charge in [-0.25, -0.2) is 4.98 Å². The first-order valence-electron chi connectivity index (χ1n) is 9.10. The maximum atomic E-state index is 12.3. The largest absolute Gasteiger partial charge is 0.349 e. The number of aromatic amines is 1. The van der Waals surface area contributed by atoms with Crippen molar-refractivity contribution in [2.75, 3.05) is 0 Å². The Bertz CT molecular complexity index is 850. The minimum absolute atomic E-state index is 0.137. The van der Waals surface area contributed by atoms with Gasteiger partial charge in [0.2, 0.25) is 5.91 Å². The first-order valence-corrected chi connectivity index (χ1v) is 9.10. The number of hydrogen-bond donors (Lipinski definition) is 2. The molecule has 3 aromatic rings. The van der Waals surface area contributed by atoms with Gasteiger partial charge in [0.05, 0.1) is 17.1 Å². The first kappa shape index (κ1) is 15.9. The van der Waals surface area contributed by atoms with Crippen molar-refractivity contribution < 1.29 is 4.79 Å². The standard InChI is InChI=1S/C21H23N3O/c25-21(24-17-12-5-8-15-7-1-2-9-16(15)17)14-6-13-20-22-18-10-3-4-11-19(18)23-20/h1-4,7,9-11,17H,5-6,8,12-14H2,(H,22,23)(H,24,25). The number of rotatable bonds is 5. The van der Waals surface area contributed by atoms with Crippen LogP contribution in [0.2, 0.25) is 0 Å². The van der Waals surface area contributed by atoms with E-state index in [-0.39, 0.29) is 11.9 Å². The average molecular weight is 333 g/mol. The Morgan fingerprint density at radius 3 is 2.92 bits per heavy atom. The van der Waals surface area contributed by atoms with Crippen LogP contribution in [-0.2, 0) is 17.6 Å². The minimum atomic E-state index is 0.137. The number of benzene rings is 2. The summed E-state index contributed by atoms with van der Waals surface area (Å²) in [4.78, 5) is 20.2. The average Bonchev–Trinajstić information content (AvgIpc) is 3.05. The fourth-order valence-corrected chi connectivity index (χ4v) is 3.71. The number of nitrogens with one attached hydrogen (secondary N) is 2. The van der Waals surface area contributed by atoms with Gasteiger partial charge in [-0.05, 0) is 48.9 Å². The van der Waals surface area contributed by atoms with E-state index in [4.69, 9.17) is 0 Å². The lowest BCUT2D eigenvalue weighted by Gasteiger charge is -2.26. The zero-order valence-electron chi connectivity index (χ0n) is 14.3. The molecule has 2 aromatic carbocycles. The number of amides is 1. The van der Waals surface area contributed by atoms with E-state index in [2.05, 4.69) is 39.6 Å². The highest BCUT2D eigenvalue weighted by Crippen LogP contribution is 2.29. The number of carbonyl (C=O) groups excluding carboxylic acids is 1. The molecule has 1 aliphatic carbocycles. The SMILES string of the molecule is O=C(CCCc1nc2ccccc2[nH]1)NC1CCCc2ccccc21. The summed E-state index contributed by atoms with van der Waals surface area (Å²) >= 11 is 0. The Morgan fingerprint density at radius 2 is 2.00 bits per heavy atom. The van der Waals surface area contributed by atoms with Gasteiger partial charge in [-0.15, -0.1) is 0 Å². The predicted octanol–water partition coefficient (Wildman–Crippen LogP) is 4.08. The maximum absolute atomic E-state index is 12.3. The van der Waals surface area contributed by atoms with Crippen LogP contribution < -0.4 is 5.32 Å². The van der Waals surface area contributed by atoms with Gasteiger partial charge in [0.15, 0.2) is 0 Å². The van der Waals surface area contributed by atoms with Gasteiger partial charge in [-0.1, -0.05) is 36.4 Å². The highest BCUT2D eigenvalue weighted by molar-refractivity contribution is 5.77. The molecule has 1 atom stereocenters. The molecule has 128 valence electrons. The van der Waals surface area contributed by atoms with Gasteiger partial charge in [0.1, 0.15) is 5.82 Å². The third-order valence-electron chi connectivity index (χ3n) is 4.96. The quantitative estimate of drug-likeness (QED) is 0.739. The summed E-state index contributed by atoms with van der Waals surface area (Å²) in [5, 5.41) is 3.22. The number of H-pyrrole nitrogens is 1. The number of para-hydroxylation sites is 2. The van der Waals surface area contributed by atoms with Crippen molar-refractivity contribution >= 4 is 16.9 Å². The van der Waals surface area contributed by atoms with Gasteiger partial charge in [0.25, 0.3) is 0 Å². The maximum Gasteiger partial charge on any atom is 0.220 e. The second-order valence-corrected chi connectivity index (χ2v) is 6.77. The number of hydrogen-bond acceptors (Lipinski definition) is 2. The number of nitrogens with zero attached hydrogens (tertiary/aromatic N) is 1. The Morgan fingerprint density at radius 1 is 1.16 bits per heavy atom. The van der Waals surface area contributed by atoms with E-state index in [9.17, 15) is 4.79 Å². The Labute approximate surface area is 147 Å². The number of imidazole rings is 1. The zero-order valence-corrected chi connectivity index (χ0v) is 14.3. The molecule has 4 nitrogen and oxygen atoms in total. The van der Waals surface area contributed by atoms with E-state index in [1.165, 1.54) is 11.1 Å². The summed E-state index contributed by atoms with van der Waals surface area (Å²) in [6, 6.07) is 16.7. The van der Waals surface area contributed by atoms with Crippen molar-refractivity contribution in [3.8, 4) is 0 Å². The molecule has 1 aromatic heterocycles. The highest BCUT2D eigenvalue weighted by atomic mass is 16.1. The van der Waals surface area contributed by atoms with Crippen molar-refractivity contribution in [3.05, 3.63) is 65.5 Å². The van der Waals surface area contributed by atoms with Gasteiger partial charge >= 0.3 is 0 Å². The highest BCUT2D eigenvalue weighted by Gasteiger charge is 2.21. The molecule has 4 heteroatoms. The Hall–Kier alpha value is -2.62. The normalized spacial score (nSPS) is 16.6. The smallest absolute Gasteiger partial charge is 0.220 e. The van der Waals surface area contributed by atoms with Crippen molar-refractivity contribution in [2.24, 2.45) is 0 Å². The second kappa shape index (κ2) is 7.09. The summed E-state index contributed by atoms with van der Waals surface area (Å²) in [5.74, 6) is 1.09. The van der Waals surface area contributed by atoms with Crippen LogP contribution in [0.3, 0.4) is 0 Å². The molecule has 1 heterocycles. The molecule has 0 radical (unpaired) electrons. The molecule has 0 spiro atoms. The molecule has 0 saturated carbocycles. The van der Waals surface area contributed by atoms with E-state index >= 15 is 0 Å². The molecule has 4 rings (SSSR count). The van der Waals surface area contributed by atoms with Crippen LogP contribution >= 0.6 is 0 Å². The fraction of sp³-hybridized carbons (Fsp3) is 0.333. The van der Waals surface area contributed by atoms with E-state index in [0.717, 1.165) is 49.0 Å². The van der Waals surface area contributed by atoms with Crippen LogP contribution in [0, 0.1) is 0 Å². The van der Waals surface area contributed by atoms with Crippen molar-refractivity contribution in [2.45, 2.75) is 44.6 Å². The number of fused-ring (bicyclic) bond motifs is 2. The third kappa shape index (κ3) is 3.58. The van der Waals surface area contributed by atoms with Crippen molar-refractivity contribution in [1.29, 1.82) is 0 Å². The number of carbonyl (C=O) groups is 1. The molecule has 25 heavy (non-hydrogen) atoms. The van der Waals surface area contributed by atoms with E-state index < -0.39 is 0 Å². The summed E-state index contributed by atoms with van der Waals surface area (Å²) in [5.41, 5.74) is 4.71. The zero-order chi connectivity index (χ0) is 17.1. The summed E-state index contributed by atoms with van der Waals surface area (Å²) in [6.07, 6.45) is 5.43. The van der Waals surface area contributed by atoms with Gasteiger partial charge in [-0.2, -0.15) is 0 Å². The Kier molecular flexibility index (Phi) is 4.51. The van der Waals surface area contributed by atoms with E-state index in [1.807, 2.05) is 24.3 Å². The van der Waals surface area contributed by atoms with Crippen LogP contribution in [0.1, 0.15) is 48.7 Å². The summed E-state index contributed by atoms with van der Waals surface area (Å²) in [6.45, 7) is 0. The number of aryl methyl sites for hydroxylation is 2. The summed E-state index contributed by atoms with van der Waals surface area (Å²) in [7, 11) is 0. The van der Waals surface area contributed by atoms with Gasteiger partial charge < -0.3 is 10.3 Å². The third-order valence-corrected chi connectivity index (χ3v) is 4.96.